The molecule has 0 fully saturated rings. The number of hydrogen-bond acceptors (Lipinski definition) is 4. The molecule has 6 heteroatoms. The van der Waals surface area contributed by atoms with Gasteiger partial charge in [0.25, 0.3) is 5.91 Å². The third kappa shape index (κ3) is 4.39. The van der Waals surface area contributed by atoms with Gasteiger partial charge in [0.1, 0.15) is 5.69 Å². The van der Waals surface area contributed by atoms with Crippen LogP contribution in [0, 0.1) is 5.92 Å². The van der Waals surface area contributed by atoms with Crippen LogP contribution in [-0.4, -0.2) is 32.4 Å². The van der Waals surface area contributed by atoms with E-state index in [4.69, 9.17) is 0 Å². The molecule has 1 aromatic carbocycles. The molecule has 140 valence electrons. The van der Waals surface area contributed by atoms with Gasteiger partial charge in [-0.05, 0) is 48.6 Å². The third-order valence-electron chi connectivity index (χ3n) is 4.39. The number of amides is 1. The first kappa shape index (κ1) is 18.8. The summed E-state index contributed by atoms with van der Waals surface area (Å²) in [4.78, 5) is 16.9. The van der Waals surface area contributed by atoms with Gasteiger partial charge < -0.3 is 5.32 Å². The number of hydrogen-bond donors (Lipinski definition) is 1. The normalized spacial score (nSPS) is 11.0. The molecule has 0 spiro atoms. The second-order valence-electron chi connectivity index (χ2n) is 6.90. The van der Waals surface area contributed by atoms with Gasteiger partial charge >= 0.3 is 0 Å². The number of benzene rings is 1. The van der Waals surface area contributed by atoms with E-state index in [1.165, 1.54) is 5.56 Å². The summed E-state index contributed by atoms with van der Waals surface area (Å²) in [5.41, 5.74) is 3.84. The summed E-state index contributed by atoms with van der Waals surface area (Å²) >= 11 is 0. The lowest BCUT2D eigenvalue weighted by atomic mass is 10.1. The van der Waals surface area contributed by atoms with Gasteiger partial charge in [-0.1, -0.05) is 38.1 Å². The van der Waals surface area contributed by atoms with E-state index in [9.17, 15) is 4.79 Å². The van der Waals surface area contributed by atoms with Gasteiger partial charge in [0, 0.05) is 24.5 Å². The van der Waals surface area contributed by atoms with E-state index in [0.29, 0.717) is 23.9 Å². The Hall–Kier alpha value is -3.02. The van der Waals surface area contributed by atoms with Gasteiger partial charge in [-0.3, -0.25) is 9.78 Å². The number of rotatable bonds is 7. The van der Waals surface area contributed by atoms with Crippen molar-refractivity contribution in [2.45, 2.75) is 33.6 Å². The zero-order chi connectivity index (χ0) is 19.2. The van der Waals surface area contributed by atoms with E-state index in [2.05, 4.69) is 53.5 Å². The Morgan fingerprint density at radius 1 is 1.22 bits per heavy atom. The highest BCUT2D eigenvalue weighted by Gasteiger charge is 2.22. The second kappa shape index (κ2) is 8.58. The molecule has 0 bridgehead atoms. The minimum atomic E-state index is -0.215. The van der Waals surface area contributed by atoms with Gasteiger partial charge in [0.2, 0.25) is 0 Å². The van der Waals surface area contributed by atoms with E-state index in [0.717, 1.165) is 24.1 Å². The van der Waals surface area contributed by atoms with E-state index < -0.39 is 0 Å². The molecule has 1 amide bonds. The summed E-state index contributed by atoms with van der Waals surface area (Å²) in [5, 5.41) is 11.4. The van der Waals surface area contributed by atoms with Crippen molar-refractivity contribution < 1.29 is 4.79 Å². The first-order valence-electron chi connectivity index (χ1n) is 9.33. The molecular weight excluding hydrogens is 338 g/mol. The molecule has 1 N–H and O–H groups in total. The summed E-state index contributed by atoms with van der Waals surface area (Å²) < 4.78 is 1.72. The SMILES string of the molecule is CCc1cccc(-n2nnc(C(=O)NCCC(C)C)c2-c2cccnc2)c1. The number of aromatic nitrogens is 4. The maximum absolute atomic E-state index is 12.7. The van der Waals surface area contributed by atoms with E-state index in [-0.39, 0.29) is 5.91 Å². The molecule has 0 saturated carbocycles. The minimum absolute atomic E-state index is 0.215. The fraction of sp³-hybridized carbons (Fsp3) is 0.333. The molecule has 0 aliphatic rings. The van der Waals surface area contributed by atoms with Crippen LogP contribution in [0.1, 0.15) is 43.2 Å². The average molecular weight is 363 g/mol. The number of aryl methyl sites for hydroxylation is 1. The number of nitrogens with one attached hydrogen (secondary N) is 1. The van der Waals surface area contributed by atoms with Crippen LogP contribution in [0.25, 0.3) is 16.9 Å². The maximum Gasteiger partial charge on any atom is 0.274 e. The van der Waals surface area contributed by atoms with Crippen molar-refractivity contribution in [3.05, 3.63) is 60.0 Å². The van der Waals surface area contributed by atoms with Crippen molar-refractivity contribution in [1.29, 1.82) is 0 Å². The molecule has 27 heavy (non-hydrogen) atoms. The highest BCUT2D eigenvalue weighted by atomic mass is 16.2. The van der Waals surface area contributed by atoms with Crippen LogP contribution in [-0.2, 0) is 6.42 Å². The van der Waals surface area contributed by atoms with Crippen LogP contribution in [0.5, 0.6) is 0 Å². The lowest BCUT2D eigenvalue weighted by Gasteiger charge is -2.10. The number of carbonyl (C=O) groups excluding carboxylic acids is 1. The highest BCUT2D eigenvalue weighted by Crippen LogP contribution is 2.25. The fourth-order valence-electron chi connectivity index (χ4n) is 2.84. The molecule has 0 aliphatic carbocycles. The largest absolute Gasteiger partial charge is 0.351 e. The molecule has 0 unspecified atom stereocenters. The topological polar surface area (TPSA) is 72.7 Å². The third-order valence-corrected chi connectivity index (χ3v) is 4.39. The zero-order valence-corrected chi connectivity index (χ0v) is 16.0. The molecule has 0 saturated heterocycles. The molecule has 0 atom stereocenters. The Balaban J connectivity index is 2.02. The van der Waals surface area contributed by atoms with Crippen molar-refractivity contribution in [2.24, 2.45) is 5.92 Å². The Morgan fingerprint density at radius 3 is 2.78 bits per heavy atom. The van der Waals surface area contributed by atoms with Crippen LogP contribution >= 0.6 is 0 Å². The fourth-order valence-corrected chi connectivity index (χ4v) is 2.84. The van der Waals surface area contributed by atoms with Crippen molar-refractivity contribution in [3.8, 4) is 16.9 Å². The van der Waals surface area contributed by atoms with Gasteiger partial charge in [-0.25, -0.2) is 4.68 Å². The van der Waals surface area contributed by atoms with Crippen molar-refractivity contribution >= 4 is 5.91 Å². The van der Waals surface area contributed by atoms with Crippen molar-refractivity contribution in [2.75, 3.05) is 6.54 Å². The quantitative estimate of drug-likeness (QED) is 0.695. The lowest BCUT2D eigenvalue weighted by Crippen LogP contribution is -2.26. The molecule has 0 aliphatic heterocycles. The predicted octanol–water partition coefficient (Wildman–Crippen LogP) is 3.67. The molecule has 0 radical (unpaired) electrons. The molecule has 3 rings (SSSR count). The molecular formula is C21H25N5O. The van der Waals surface area contributed by atoms with Crippen LogP contribution in [0.15, 0.2) is 48.8 Å². The average Bonchev–Trinajstić information content (AvgIpc) is 3.13. The Labute approximate surface area is 159 Å². The molecule has 6 nitrogen and oxygen atoms in total. The first-order valence-corrected chi connectivity index (χ1v) is 9.33. The van der Waals surface area contributed by atoms with Gasteiger partial charge in [0.15, 0.2) is 5.69 Å². The smallest absolute Gasteiger partial charge is 0.274 e. The maximum atomic E-state index is 12.7. The summed E-state index contributed by atoms with van der Waals surface area (Å²) in [6, 6.07) is 11.9. The van der Waals surface area contributed by atoms with Crippen molar-refractivity contribution in [1.82, 2.24) is 25.3 Å². The molecule has 2 heterocycles. The Morgan fingerprint density at radius 2 is 2.07 bits per heavy atom. The van der Waals surface area contributed by atoms with Gasteiger partial charge in [0.05, 0.1) is 5.69 Å². The van der Waals surface area contributed by atoms with Crippen LogP contribution in [0.2, 0.25) is 0 Å². The summed E-state index contributed by atoms with van der Waals surface area (Å²) in [5.74, 6) is 0.308. The first-order chi connectivity index (χ1) is 13.1. The molecule has 2 aromatic heterocycles. The lowest BCUT2D eigenvalue weighted by molar-refractivity contribution is 0.0947. The Bertz CT molecular complexity index is 902. The summed E-state index contributed by atoms with van der Waals surface area (Å²) in [6.45, 7) is 6.98. The standard InChI is InChI=1S/C21H25N5O/c1-4-16-7-5-9-18(13-16)26-20(17-8-6-11-22-14-17)19(24-25-26)21(27)23-12-10-15(2)3/h5-9,11,13-15H,4,10,12H2,1-3H3,(H,23,27). The summed E-state index contributed by atoms with van der Waals surface area (Å²) in [7, 11) is 0. The predicted molar refractivity (Wildman–Crippen MR) is 106 cm³/mol. The highest BCUT2D eigenvalue weighted by molar-refractivity contribution is 5.98. The van der Waals surface area contributed by atoms with E-state index >= 15 is 0 Å². The van der Waals surface area contributed by atoms with Crippen LogP contribution in [0.3, 0.4) is 0 Å². The van der Waals surface area contributed by atoms with Gasteiger partial charge in [-0.2, -0.15) is 0 Å². The Kier molecular flexibility index (Phi) is 5.96. The monoisotopic (exact) mass is 363 g/mol. The van der Waals surface area contributed by atoms with E-state index in [1.54, 1.807) is 17.1 Å². The summed E-state index contributed by atoms with van der Waals surface area (Å²) in [6.07, 6.45) is 5.27. The van der Waals surface area contributed by atoms with Crippen LogP contribution in [0.4, 0.5) is 0 Å². The minimum Gasteiger partial charge on any atom is -0.351 e. The van der Waals surface area contributed by atoms with Crippen LogP contribution < -0.4 is 5.32 Å². The van der Waals surface area contributed by atoms with Crippen molar-refractivity contribution in [3.63, 3.8) is 0 Å². The van der Waals surface area contributed by atoms with E-state index in [1.807, 2.05) is 24.3 Å². The molecule has 3 aromatic rings. The zero-order valence-electron chi connectivity index (χ0n) is 16.0. The number of nitrogens with zero attached hydrogens (tertiary/aromatic N) is 4. The number of carbonyl (C=O) groups is 1. The van der Waals surface area contributed by atoms with Gasteiger partial charge in [-0.15, -0.1) is 5.10 Å². The second-order valence-corrected chi connectivity index (χ2v) is 6.90. The number of pyridine rings is 1.